The van der Waals surface area contributed by atoms with Gasteiger partial charge in [-0.2, -0.15) is 0 Å². The summed E-state index contributed by atoms with van der Waals surface area (Å²) in [6.07, 6.45) is 54.7. The largest absolute Gasteiger partial charge is 0.466 e. The van der Waals surface area contributed by atoms with Crippen LogP contribution in [-0.4, -0.2) is 47.4 Å². The maximum atomic E-state index is 12.4. The highest BCUT2D eigenvalue weighted by Gasteiger charge is 2.20. The second-order valence-electron chi connectivity index (χ2n) is 17.9. The predicted molar refractivity (Wildman–Crippen MR) is 250 cm³/mol. The third-order valence-corrected chi connectivity index (χ3v) is 12.1. The molecule has 2 atom stereocenters. The molecule has 58 heavy (non-hydrogen) atoms. The monoisotopic (exact) mass is 820 g/mol. The second-order valence-corrected chi connectivity index (χ2v) is 17.9. The van der Waals surface area contributed by atoms with E-state index in [2.05, 4.69) is 31.3 Å². The highest BCUT2D eigenvalue weighted by molar-refractivity contribution is 5.76. The molecule has 0 aromatic carbocycles. The average Bonchev–Trinajstić information content (AvgIpc) is 3.22. The van der Waals surface area contributed by atoms with E-state index in [0.717, 1.165) is 51.4 Å². The summed E-state index contributed by atoms with van der Waals surface area (Å²) >= 11 is 0. The topological polar surface area (TPSA) is 95.9 Å². The fourth-order valence-electron chi connectivity index (χ4n) is 8.05. The van der Waals surface area contributed by atoms with Gasteiger partial charge in [0.1, 0.15) is 0 Å². The quantitative estimate of drug-likeness (QED) is 0.0323. The minimum absolute atomic E-state index is 0.00674. The van der Waals surface area contributed by atoms with Crippen LogP contribution in [0, 0.1) is 0 Å². The summed E-state index contributed by atoms with van der Waals surface area (Å²) in [4.78, 5) is 24.4. The Balaban J connectivity index is 3.40. The number of ether oxygens (including phenoxy) is 1. The first-order chi connectivity index (χ1) is 28.5. The number of hydrogen-bond donors (Lipinski definition) is 3. The summed E-state index contributed by atoms with van der Waals surface area (Å²) < 4.78 is 5.47. The van der Waals surface area contributed by atoms with Crippen LogP contribution in [0.3, 0.4) is 0 Å². The van der Waals surface area contributed by atoms with Crippen molar-refractivity contribution in [3.63, 3.8) is 0 Å². The minimum atomic E-state index is -0.667. The predicted octanol–water partition coefficient (Wildman–Crippen LogP) is 15.3. The lowest BCUT2D eigenvalue weighted by Gasteiger charge is -2.22. The van der Waals surface area contributed by atoms with Gasteiger partial charge < -0.3 is 20.3 Å². The molecule has 0 aliphatic carbocycles. The molecule has 344 valence electrons. The molecule has 0 rings (SSSR count). The molecule has 0 aromatic heterocycles. The molecule has 2 unspecified atom stereocenters. The molecule has 0 saturated carbocycles. The van der Waals surface area contributed by atoms with Crippen molar-refractivity contribution in [3.8, 4) is 0 Å². The SMILES string of the molecule is CCCCCCCCC/C=C\CCCCCCCC(=O)OCCCCCCCCCCCCCCCCCC(=O)NC(CO)C(O)CCCCCCCCCCCC. The average molecular weight is 820 g/mol. The molecule has 6 heteroatoms. The molecule has 0 heterocycles. The first-order valence-electron chi connectivity index (χ1n) is 25.9. The van der Waals surface area contributed by atoms with Crippen LogP contribution in [0.1, 0.15) is 284 Å². The van der Waals surface area contributed by atoms with E-state index in [9.17, 15) is 19.8 Å². The van der Waals surface area contributed by atoms with Gasteiger partial charge in [0.2, 0.25) is 5.91 Å². The Kier molecular flexibility index (Phi) is 47.1. The van der Waals surface area contributed by atoms with E-state index in [1.807, 2.05) is 0 Å². The summed E-state index contributed by atoms with van der Waals surface area (Å²) in [6.45, 7) is 4.92. The van der Waals surface area contributed by atoms with E-state index in [0.29, 0.717) is 25.9 Å². The van der Waals surface area contributed by atoms with Crippen LogP contribution in [0.25, 0.3) is 0 Å². The van der Waals surface area contributed by atoms with E-state index in [-0.39, 0.29) is 18.5 Å². The highest BCUT2D eigenvalue weighted by atomic mass is 16.5. The fraction of sp³-hybridized carbons (Fsp3) is 0.923. The molecule has 1 amide bonds. The van der Waals surface area contributed by atoms with Gasteiger partial charge in [-0.15, -0.1) is 0 Å². The van der Waals surface area contributed by atoms with Crippen molar-refractivity contribution in [1.29, 1.82) is 0 Å². The van der Waals surface area contributed by atoms with Gasteiger partial charge in [0, 0.05) is 12.8 Å². The molecule has 0 spiro atoms. The van der Waals surface area contributed by atoms with E-state index in [4.69, 9.17) is 4.74 Å². The summed E-state index contributed by atoms with van der Waals surface area (Å²) in [5.41, 5.74) is 0. The lowest BCUT2D eigenvalue weighted by molar-refractivity contribution is -0.143. The third kappa shape index (κ3) is 44.2. The molecular weight excluding hydrogens is 719 g/mol. The van der Waals surface area contributed by atoms with Crippen LogP contribution in [0.4, 0.5) is 0 Å². The Hall–Kier alpha value is -1.40. The van der Waals surface area contributed by atoms with Gasteiger partial charge >= 0.3 is 5.97 Å². The number of hydrogen-bond acceptors (Lipinski definition) is 5. The van der Waals surface area contributed by atoms with Gasteiger partial charge in [0.15, 0.2) is 0 Å². The van der Waals surface area contributed by atoms with E-state index >= 15 is 0 Å². The van der Waals surface area contributed by atoms with E-state index in [1.54, 1.807) is 0 Å². The summed E-state index contributed by atoms with van der Waals surface area (Å²) in [7, 11) is 0. The Morgan fingerprint density at radius 3 is 1.22 bits per heavy atom. The molecule has 0 aliphatic heterocycles. The number of carbonyl (C=O) groups is 2. The normalized spacial score (nSPS) is 12.7. The number of allylic oxidation sites excluding steroid dienone is 2. The maximum Gasteiger partial charge on any atom is 0.305 e. The molecule has 0 saturated heterocycles. The first kappa shape index (κ1) is 56.6. The molecule has 3 N–H and O–H groups in total. The molecule has 0 fully saturated rings. The van der Waals surface area contributed by atoms with Gasteiger partial charge in [-0.1, -0.05) is 231 Å². The summed E-state index contributed by atoms with van der Waals surface area (Å²) in [5.74, 6) is -0.0518. The zero-order valence-corrected chi connectivity index (χ0v) is 39.0. The molecule has 0 aliphatic rings. The van der Waals surface area contributed by atoms with Crippen LogP contribution in [0.2, 0.25) is 0 Å². The first-order valence-corrected chi connectivity index (χ1v) is 25.9. The van der Waals surface area contributed by atoms with Crippen molar-refractivity contribution < 1.29 is 24.5 Å². The number of aliphatic hydroxyl groups excluding tert-OH is 2. The van der Waals surface area contributed by atoms with Crippen molar-refractivity contribution in [3.05, 3.63) is 12.2 Å². The standard InChI is InChI=1S/C52H101NO5/c1-3-5-7-9-11-13-15-16-17-20-23-26-30-34-38-42-46-52(57)58-47-43-39-35-31-27-24-21-18-19-22-25-29-33-37-41-45-51(56)53-49(48-54)50(55)44-40-36-32-28-14-12-10-8-6-4-2/h17,20,49-50,54-55H,3-16,18-19,21-48H2,1-2H3,(H,53,56)/b20-17-. The van der Waals surface area contributed by atoms with Crippen LogP contribution in [0.5, 0.6) is 0 Å². The number of esters is 1. The Labute approximate surface area is 361 Å². The number of rotatable bonds is 48. The zero-order chi connectivity index (χ0) is 42.3. The fourth-order valence-corrected chi connectivity index (χ4v) is 8.05. The highest BCUT2D eigenvalue weighted by Crippen LogP contribution is 2.16. The molecular formula is C52H101NO5. The number of amides is 1. The van der Waals surface area contributed by atoms with Crippen LogP contribution < -0.4 is 5.32 Å². The van der Waals surface area contributed by atoms with Crippen LogP contribution in [-0.2, 0) is 14.3 Å². The molecule has 0 bridgehead atoms. The maximum absolute atomic E-state index is 12.4. The van der Waals surface area contributed by atoms with Crippen molar-refractivity contribution in [2.75, 3.05) is 13.2 Å². The number of unbranched alkanes of at least 4 members (excludes halogenated alkanes) is 35. The van der Waals surface area contributed by atoms with Crippen molar-refractivity contribution >= 4 is 11.9 Å². The smallest absolute Gasteiger partial charge is 0.305 e. The Morgan fingerprint density at radius 1 is 0.466 bits per heavy atom. The Morgan fingerprint density at radius 2 is 0.810 bits per heavy atom. The van der Waals surface area contributed by atoms with E-state index < -0.39 is 12.1 Å². The summed E-state index contributed by atoms with van der Waals surface area (Å²) in [6, 6.07) is -0.545. The van der Waals surface area contributed by atoms with Gasteiger partial charge in [0.25, 0.3) is 0 Å². The second kappa shape index (κ2) is 48.3. The van der Waals surface area contributed by atoms with Crippen molar-refractivity contribution in [2.24, 2.45) is 0 Å². The number of carbonyl (C=O) groups excluding carboxylic acids is 2. The van der Waals surface area contributed by atoms with Gasteiger partial charge in [-0.05, 0) is 51.4 Å². The van der Waals surface area contributed by atoms with Crippen molar-refractivity contribution in [1.82, 2.24) is 5.32 Å². The van der Waals surface area contributed by atoms with Gasteiger partial charge in [-0.25, -0.2) is 0 Å². The minimum Gasteiger partial charge on any atom is -0.466 e. The molecule has 0 aromatic rings. The lowest BCUT2D eigenvalue weighted by atomic mass is 10.0. The van der Waals surface area contributed by atoms with E-state index in [1.165, 1.54) is 199 Å². The van der Waals surface area contributed by atoms with Gasteiger partial charge in [0.05, 0.1) is 25.4 Å². The zero-order valence-electron chi connectivity index (χ0n) is 39.0. The van der Waals surface area contributed by atoms with Crippen LogP contribution >= 0.6 is 0 Å². The third-order valence-electron chi connectivity index (χ3n) is 12.1. The summed E-state index contributed by atoms with van der Waals surface area (Å²) in [5, 5.41) is 23.1. The Bertz CT molecular complexity index is 863. The van der Waals surface area contributed by atoms with Crippen molar-refractivity contribution in [2.45, 2.75) is 296 Å². The number of nitrogens with one attached hydrogen (secondary N) is 1. The molecule has 0 radical (unpaired) electrons. The molecule has 6 nitrogen and oxygen atoms in total. The van der Waals surface area contributed by atoms with Gasteiger partial charge in [-0.3, -0.25) is 9.59 Å². The van der Waals surface area contributed by atoms with Crippen LogP contribution in [0.15, 0.2) is 12.2 Å². The number of aliphatic hydroxyl groups is 2. The lowest BCUT2D eigenvalue weighted by Crippen LogP contribution is -2.45.